The van der Waals surface area contributed by atoms with Gasteiger partial charge in [0.2, 0.25) is 0 Å². The van der Waals surface area contributed by atoms with Crippen LogP contribution in [0.4, 0.5) is 10.5 Å². The summed E-state index contributed by atoms with van der Waals surface area (Å²) >= 11 is 3.41. The zero-order chi connectivity index (χ0) is 15.3. The second-order valence-electron chi connectivity index (χ2n) is 4.88. The topological polar surface area (TPSA) is 69.6 Å². The number of halogens is 1. The number of carbonyl (C=O) groups excluding carboxylic acids is 1. The van der Waals surface area contributed by atoms with E-state index in [4.69, 9.17) is 5.11 Å². The molecule has 0 aliphatic rings. The van der Waals surface area contributed by atoms with E-state index in [9.17, 15) is 9.59 Å². The first-order chi connectivity index (χ1) is 9.31. The number of carboxylic acid groups (broad SMARTS) is 1. The molecule has 0 atom stereocenters. The second kappa shape index (κ2) is 7.28. The van der Waals surface area contributed by atoms with Gasteiger partial charge in [0.25, 0.3) is 0 Å². The third-order valence-electron chi connectivity index (χ3n) is 2.88. The van der Waals surface area contributed by atoms with E-state index in [2.05, 4.69) is 21.2 Å². The van der Waals surface area contributed by atoms with Crippen LogP contribution in [0.1, 0.15) is 31.7 Å². The summed E-state index contributed by atoms with van der Waals surface area (Å²) in [5.74, 6) is -0.650. The highest BCUT2D eigenvalue weighted by molar-refractivity contribution is 9.10. The molecule has 2 amide bonds. The van der Waals surface area contributed by atoms with Crippen LogP contribution in [-0.2, 0) is 4.79 Å². The van der Waals surface area contributed by atoms with Crippen LogP contribution in [0.25, 0.3) is 0 Å². The minimum Gasteiger partial charge on any atom is -0.481 e. The average Bonchev–Trinajstić information content (AvgIpc) is 2.37. The maximum Gasteiger partial charge on any atom is 0.321 e. The van der Waals surface area contributed by atoms with E-state index < -0.39 is 5.97 Å². The Labute approximate surface area is 127 Å². The van der Waals surface area contributed by atoms with Gasteiger partial charge in [0, 0.05) is 23.8 Å². The third-order valence-corrected chi connectivity index (χ3v) is 3.38. The Bertz CT molecular complexity index is 503. The predicted octanol–water partition coefficient (Wildman–Crippen LogP) is 3.51. The van der Waals surface area contributed by atoms with Crippen LogP contribution in [0.15, 0.2) is 22.7 Å². The summed E-state index contributed by atoms with van der Waals surface area (Å²) < 4.78 is 0.957. The van der Waals surface area contributed by atoms with Gasteiger partial charge in [-0.2, -0.15) is 0 Å². The lowest BCUT2D eigenvalue weighted by molar-refractivity contribution is -0.137. The van der Waals surface area contributed by atoms with E-state index in [0.717, 1.165) is 15.7 Å². The molecule has 0 radical (unpaired) electrons. The molecule has 0 aliphatic carbocycles. The molecule has 2 N–H and O–H groups in total. The van der Waals surface area contributed by atoms with Gasteiger partial charge >= 0.3 is 12.0 Å². The Morgan fingerprint density at radius 2 is 2.05 bits per heavy atom. The molecule has 6 heteroatoms. The van der Waals surface area contributed by atoms with Crippen molar-refractivity contribution in [3.05, 3.63) is 28.2 Å². The zero-order valence-electron chi connectivity index (χ0n) is 11.8. The van der Waals surface area contributed by atoms with Crippen LogP contribution in [0.5, 0.6) is 0 Å². The van der Waals surface area contributed by atoms with Crippen molar-refractivity contribution in [2.24, 2.45) is 0 Å². The molecule has 0 bridgehead atoms. The van der Waals surface area contributed by atoms with Gasteiger partial charge in [0.15, 0.2) is 0 Å². The van der Waals surface area contributed by atoms with Crippen molar-refractivity contribution in [2.45, 2.75) is 26.2 Å². The maximum atomic E-state index is 12.0. The Morgan fingerprint density at radius 3 is 2.60 bits per heavy atom. The van der Waals surface area contributed by atoms with Crippen molar-refractivity contribution in [1.29, 1.82) is 0 Å². The average molecular weight is 343 g/mol. The van der Waals surface area contributed by atoms with E-state index in [1.165, 1.54) is 4.90 Å². The number of nitrogens with zero attached hydrogens (tertiary/aromatic N) is 1. The Kier molecular flexibility index (Phi) is 6.01. The van der Waals surface area contributed by atoms with Gasteiger partial charge in [-0.3, -0.25) is 4.79 Å². The summed E-state index contributed by atoms with van der Waals surface area (Å²) in [5, 5.41) is 11.4. The Morgan fingerprint density at radius 1 is 1.40 bits per heavy atom. The maximum absolute atomic E-state index is 12.0. The van der Waals surface area contributed by atoms with Gasteiger partial charge in [0.1, 0.15) is 0 Å². The lowest BCUT2D eigenvalue weighted by atomic mass is 10.0. The van der Waals surface area contributed by atoms with Crippen molar-refractivity contribution in [2.75, 3.05) is 18.9 Å². The van der Waals surface area contributed by atoms with E-state index >= 15 is 0 Å². The molecular weight excluding hydrogens is 324 g/mol. The largest absolute Gasteiger partial charge is 0.481 e. The van der Waals surface area contributed by atoms with Gasteiger partial charge in [-0.05, 0) is 29.7 Å². The van der Waals surface area contributed by atoms with E-state index in [0.29, 0.717) is 0 Å². The van der Waals surface area contributed by atoms with Gasteiger partial charge in [-0.15, -0.1) is 0 Å². The molecule has 1 rings (SSSR count). The SMILES string of the molecule is CC(C)c1cc(Br)ccc1NC(=O)N(C)CCC(=O)O. The van der Waals surface area contributed by atoms with Gasteiger partial charge in [-0.25, -0.2) is 4.79 Å². The molecular formula is C14H19BrN2O3. The second-order valence-corrected chi connectivity index (χ2v) is 5.80. The fraction of sp³-hybridized carbons (Fsp3) is 0.429. The van der Waals surface area contributed by atoms with Crippen LogP contribution in [-0.4, -0.2) is 35.6 Å². The number of carboxylic acids is 1. The molecule has 110 valence electrons. The first kappa shape index (κ1) is 16.5. The number of nitrogens with one attached hydrogen (secondary N) is 1. The number of hydrogen-bond acceptors (Lipinski definition) is 2. The van der Waals surface area contributed by atoms with Crippen molar-refractivity contribution in [1.82, 2.24) is 4.90 Å². The molecule has 0 spiro atoms. The van der Waals surface area contributed by atoms with Crippen molar-refractivity contribution >= 4 is 33.6 Å². The highest BCUT2D eigenvalue weighted by Crippen LogP contribution is 2.27. The van der Waals surface area contributed by atoms with Crippen LogP contribution < -0.4 is 5.32 Å². The minimum absolute atomic E-state index is 0.0682. The molecule has 0 aromatic heterocycles. The molecule has 0 fully saturated rings. The standard InChI is InChI=1S/C14H19BrN2O3/c1-9(2)11-8-10(15)4-5-12(11)16-14(20)17(3)7-6-13(18)19/h4-5,8-9H,6-7H2,1-3H3,(H,16,20)(H,18,19). The molecule has 0 heterocycles. The van der Waals surface area contributed by atoms with Gasteiger partial charge < -0.3 is 15.3 Å². The molecule has 1 aromatic carbocycles. The van der Waals surface area contributed by atoms with Crippen LogP contribution in [0, 0.1) is 0 Å². The summed E-state index contributed by atoms with van der Waals surface area (Å²) in [4.78, 5) is 23.9. The van der Waals surface area contributed by atoms with Crippen molar-refractivity contribution < 1.29 is 14.7 Å². The normalized spacial score (nSPS) is 10.4. The quantitative estimate of drug-likeness (QED) is 0.860. The summed E-state index contributed by atoms with van der Waals surface area (Å²) in [5.41, 5.74) is 1.77. The number of amides is 2. The van der Waals surface area contributed by atoms with E-state index in [1.807, 2.05) is 32.0 Å². The highest BCUT2D eigenvalue weighted by atomic mass is 79.9. The lowest BCUT2D eigenvalue weighted by Crippen LogP contribution is -2.33. The number of hydrogen-bond donors (Lipinski definition) is 2. The molecule has 5 nitrogen and oxygen atoms in total. The number of carbonyl (C=O) groups is 2. The van der Waals surface area contributed by atoms with Gasteiger partial charge in [0.05, 0.1) is 6.42 Å². The number of urea groups is 1. The molecule has 20 heavy (non-hydrogen) atoms. The molecule has 0 unspecified atom stereocenters. The lowest BCUT2D eigenvalue weighted by Gasteiger charge is -2.20. The Hall–Kier alpha value is -1.56. The zero-order valence-corrected chi connectivity index (χ0v) is 13.4. The minimum atomic E-state index is -0.920. The fourth-order valence-corrected chi connectivity index (χ4v) is 2.08. The Balaban J connectivity index is 2.77. The first-order valence-electron chi connectivity index (χ1n) is 6.34. The molecule has 0 saturated heterocycles. The number of anilines is 1. The summed E-state index contributed by atoms with van der Waals surface area (Å²) in [7, 11) is 1.58. The first-order valence-corrected chi connectivity index (χ1v) is 7.14. The van der Waals surface area contributed by atoms with Gasteiger partial charge in [-0.1, -0.05) is 29.8 Å². The third kappa shape index (κ3) is 4.85. The molecule has 0 saturated carbocycles. The van der Waals surface area contributed by atoms with Crippen LogP contribution in [0.3, 0.4) is 0 Å². The summed E-state index contributed by atoms with van der Waals surface area (Å²) in [6, 6.07) is 5.36. The van der Waals surface area contributed by atoms with Crippen molar-refractivity contribution in [3.63, 3.8) is 0 Å². The molecule has 0 aliphatic heterocycles. The summed E-state index contributed by atoms with van der Waals surface area (Å²) in [6.07, 6.45) is -0.0682. The van der Waals surface area contributed by atoms with E-state index in [1.54, 1.807) is 7.05 Å². The smallest absolute Gasteiger partial charge is 0.321 e. The van der Waals surface area contributed by atoms with E-state index in [-0.39, 0.29) is 24.9 Å². The number of aliphatic carboxylic acids is 1. The van der Waals surface area contributed by atoms with Crippen molar-refractivity contribution in [3.8, 4) is 0 Å². The van der Waals surface area contributed by atoms with Crippen LogP contribution >= 0.6 is 15.9 Å². The van der Waals surface area contributed by atoms with Crippen LogP contribution in [0.2, 0.25) is 0 Å². The monoisotopic (exact) mass is 342 g/mol. The predicted molar refractivity (Wildman–Crippen MR) is 82.1 cm³/mol. The number of rotatable bonds is 5. The number of benzene rings is 1. The highest BCUT2D eigenvalue weighted by Gasteiger charge is 2.14. The molecule has 1 aromatic rings. The summed E-state index contributed by atoms with van der Waals surface area (Å²) in [6.45, 7) is 4.27. The fourth-order valence-electron chi connectivity index (χ4n) is 1.70.